The Morgan fingerprint density at radius 3 is 2.41 bits per heavy atom. The number of ether oxygens (including phenoxy) is 2. The summed E-state index contributed by atoms with van der Waals surface area (Å²) in [5, 5.41) is 8.43. The SMILES string of the molecule is CCCN1C(=O)NC(c2ccc(NC(=O)Nc3ccccc3OCC)cc2)C(C(=O)OC)=C1C. The normalized spacial score (nSPS) is 15.5. The number of rotatable bonds is 8. The third-order valence-corrected chi connectivity index (χ3v) is 5.39. The van der Waals surface area contributed by atoms with Gasteiger partial charge in [0.2, 0.25) is 0 Å². The number of carbonyl (C=O) groups is 3. The second-order valence-electron chi connectivity index (χ2n) is 7.66. The van der Waals surface area contributed by atoms with E-state index in [0.717, 1.165) is 6.42 Å². The van der Waals surface area contributed by atoms with Crippen LogP contribution in [0, 0.1) is 0 Å². The zero-order valence-electron chi connectivity index (χ0n) is 19.8. The number of benzene rings is 2. The fourth-order valence-electron chi connectivity index (χ4n) is 3.79. The molecular weight excluding hydrogens is 436 g/mol. The van der Waals surface area contributed by atoms with E-state index in [1.165, 1.54) is 7.11 Å². The van der Waals surface area contributed by atoms with E-state index < -0.39 is 18.0 Å². The van der Waals surface area contributed by atoms with E-state index >= 15 is 0 Å². The fraction of sp³-hybridized carbons (Fsp3) is 0.320. The van der Waals surface area contributed by atoms with Gasteiger partial charge in [-0.2, -0.15) is 0 Å². The third kappa shape index (κ3) is 5.48. The van der Waals surface area contributed by atoms with E-state index in [0.29, 0.717) is 47.1 Å². The molecule has 1 aliphatic rings. The third-order valence-electron chi connectivity index (χ3n) is 5.39. The van der Waals surface area contributed by atoms with Crippen LogP contribution < -0.4 is 20.7 Å². The summed E-state index contributed by atoms with van der Waals surface area (Å²) in [5.74, 6) is 0.0799. The number of carbonyl (C=O) groups excluding carboxylic acids is 3. The molecule has 2 aromatic rings. The minimum absolute atomic E-state index is 0.272. The Balaban J connectivity index is 1.77. The largest absolute Gasteiger partial charge is 0.492 e. The maximum absolute atomic E-state index is 12.6. The molecule has 0 radical (unpaired) electrons. The van der Waals surface area contributed by atoms with Gasteiger partial charge in [0.05, 0.1) is 31.0 Å². The van der Waals surface area contributed by atoms with Crippen LogP contribution in [0.25, 0.3) is 0 Å². The number of nitrogens with zero attached hydrogens (tertiary/aromatic N) is 1. The summed E-state index contributed by atoms with van der Waals surface area (Å²) in [4.78, 5) is 39.2. The lowest BCUT2D eigenvalue weighted by molar-refractivity contribution is -0.136. The molecule has 1 heterocycles. The molecule has 0 saturated heterocycles. The molecule has 9 nitrogen and oxygen atoms in total. The number of hydrogen-bond acceptors (Lipinski definition) is 5. The van der Waals surface area contributed by atoms with Crippen molar-refractivity contribution in [3.63, 3.8) is 0 Å². The number of anilines is 2. The monoisotopic (exact) mass is 466 g/mol. The minimum atomic E-state index is -0.658. The van der Waals surface area contributed by atoms with Crippen molar-refractivity contribution in [2.45, 2.75) is 33.2 Å². The van der Waals surface area contributed by atoms with Crippen LogP contribution in [0.15, 0.2) is 59.8 Å². The Hall–Kier alpha value is -4.01. The summed E-state index contributed by atoms with van der Waals surface area (Å²) in [5.41, 5.74) is 2.74. The van der Waals surface area contributed by atoms with E-state index in [2.05, 4.69) is 16.0 Å². The zero-order chi connectivity index (χ0) is 24.7. The molecular formula is C25H30N4O5. The van der Waals surface area contributed by atoms with Gasteiger partial charge in [-0.1, -0.05) is 31.2 Å². The average molecular weight is 467 g/mol. The molecule has 0 bridgehead atoms. The Morgan fingerprint density at radius 2 is 1.76 bits per heavy atom. The number of methoxy groups -OCH3 is 1. The smallest absolute Gasteiger partial charge is 0.337 e. The first kappa shape index (κ1) is 24.6. The Morgan fingerprint density at radius 1 is 1.06 bits per heavy atom. The number of para-hydroxylation sites is 2. The number of amides is 4. The van der Waals surface area contributed by atoms with Gasteiger partial charge in [0.25, 0.3) is 0 Å². The highest BCUT2D eigenvalue weighted by molar-refractivity contribution is 6.00. The maximum atomic E-state index is 12.6. The second kappa shape index (κ2) is 11.2. The summed E-state index contributed by atoms with van der Waals surface area (Å²) in [6.45, 7) is 6.55. The molecule has 2 aromatic carbocycles. The van der Waals surface area contributed by atoms with Crippen LogP contribution in [-0.2, 0) is 9.53 Å². The highest BCUT2D eigenvalue weighted by Gasteiger charge is 2.35. The van der Waals surface area contributed by atoms with E-state index in [1.807, 2.05) is 19.9 Å². The quantitative estimate of drug-likeness (QED) is 0.491. The molecule has 0 fully saturated rings. The fourth-order valence-corrected chi connectivity index (χ4v) is 3.79. The van der Waals surface area contributed by atoms with Crippen molar-refractivity contribution in [3.05, 3.63) is 65.4 Å². The molecule has 1 atom stereocenters. The van der Waals surface area contributed by atoms with E-state index in [-0.39, 0.29) is 6.03 Å². The summed E-state index contributed by atoms with van der Waals surface area (Å²) < 4.78 is 10.5. The van der Waals surface area contributed by atoms with Crippen LogP contribution in [0.1, 0.15) is 38.8 Å². The minimum Gasteiger partial charge on any atom is -0.492 e. The van der Waals surface area contributed by atoms with Crippen LogP contribution in [0.5, 0.6) is 5.75 Å². The van der Waals surface area contributed by atoms with Gasteiger partial charge < -0.3 is 25.4 Å². The summed E-state index contributed by atoms with van der Waals surface area (Å²) in [7, 11) is 1.32. The van der Waals surface area contributed by atoms with Gasteiger partial charge in [0.1, 0.15) is 5.75 Å². The first-order chi connectivity index (χ1) is 16.4. The van der Waals surface area contributed by atoms with Crippen molar-refractivity contribution in [2.75, 3.05) is 30.9 Å². The summed E-state index contributed by atoms with van der Waals surface area (Å²) >= 11 is 0. The average Bonchev–Trinajstić information content (AvgIpc) is 2.83. The molecule has 0 spiro atoms. The van der Waals surface area contributed by atoms with Gasteiger partial charge in [0, 0.05) is 17.9 Å². The van der Waals surface area contributed by atoms with Crippen LogP contribution in [0.2, 0.25) is 0 Å². The second-order valence-corrected chi connectivity index (χ2v) is 7.66. The molecule has 0 aliphatic carbocycles. The van der Waals surface area contributed by atoms with Gasteiger partial charge in [-0.3, -0.25) is 4.90 Å². The van der Waals surface area contributed by atoms with Crippen molar-refractivity contribution in [1.82, 2.24) is 10.2 Å². The number of allylic oxidation sites excluding steroid dienone is 1. The summed E-state index contributed by atoms with van der Waals surface area (Å²) in [6.07, 6.45) is 0.751. The summed E-state index contributed by atoms with van der Waals surface area (Å²) in [6, 6.07) is 12.7. The van der Waals surface area contributed by atoms with Gasteiger partial charge >= 0.3 is 18.0 Å². The Bertz CT molecular complexity index is 1080. The molecule has 34 heavy (non-hydrogen) atoms. The van der Waals surface area contributed by atoms with Gasteiger partial charge in [-0.15, -0.1) is 0 Å². The Labute approximate surface area is 199 Å². The first-order valence-electron chi connectivity index (χ1n) is 11.2. The molecule has 0 aromatic heterocycles. The molecule has 9 heteroatoms. The molecule has 3 N–H and O–H groups in total. The van der Waals surface area contributed by atoms with Gasteiger partial charge in [-0.05, 0) is 50.1 Å². The van der Waals surface area contributed by atoms with E-state index in [1.54, 1.807) is 54.3 Å². The van der Waals surface area contributed by atoms with Crippen molar-refractivity contribution >= 4 is 29.4 Å². The number of nitrogens with one attached hydrogen (secondary N) is 3. The predicted molar refractivity (Wildman–Crippen MR) is 130 cm³/mol. The van der Waals surface area contributed by atoms with Crippen LogP contribution in [0.3, 0.4) is 0 Å². The lowest BCUT2D eigenvalue weighted by atomic mass is 9.94. The zero-order valence-corrected chi connectivity index (χ0v) is 19.8. The van der Waals surface area contributed by atoms with Crippen LogP contribution in [0.4, 0.5) is 21.0 Å². The van der Waals surface area contributed by atoms with Gasteiger partial charge in [0.15, 0.2) is 0 Å². The number of urea groups is 2. The van der Waals surface area contributed by atoms with Crippen molar-refractivity contribution < 1.29 is 23.9 Å². The van der Waals surface area contributed by atoms with E-state index in [4.69, 9.17) is 9.47 Å². The topological polar surface area (TPSA) is 109 Å². The van der Waals surface area contributed by atoms with Gasteiger partial charge in [-0.25, -0.2) is 14.4 Å². The van der Waals surface area contributed by atoms with E-state index in [9.17, 15) is 14.4 Å². The maximum Gasteiger partial charge on any atom is 0.337 e. The molecule has 0 saturated carbocycles. The number of esters is 1. The lowest BCUT2D eigenvalue weighted by Gasteiger charge is -2.35. The highest BCUT2D eigenvalue weighted by atomic mass is 16.5. The molecule has 180 valence electrons. The number of hydrogen-bond donors (Lipinski definition) is 3. The molecule has 1 unspecified atom stereocenters. The molecule has 1 aliphatic heterocycles. The van der Waals surface area contributed by atoms with Crippen LogP contribution in [-0.4, -0.2) is 43.2 Å². The Kier molecular flexibility index (Phi) is 8.13. The standard InChI is InChI=1S/C25H30N4O5/c1-5-15-29-16(3)21(23(30)33-4)22(28-25(29)32)17-11-13-18(14-12-17)26-24(31)27-19-9-7-8-10-20(19)34-6-2/h7-14,22H,5-6,15H2,1-4H3,(H,28,32)(H2,26,27,31). The van der Waals surface area contributed by atoms with Crippen molar-refractivity contribution in [2.24, 2.45) is 0 Å². The molecule has 3 rings (SSSR count). The highest BCUT2D eigenvalue weighted by Crippen LogP contribution is 2.32. The first-order valence-corrected chi connectivity index (χ1v) is 11.2. The lowest BCUT2D eigenvalue weighted by Crippen LogP contribution is -2.48. The molecule has 4 amide bonds. The van der Waals surface area contributed by atoms with Crippen molar-refractivity contribution in [1.29, 1.82) is 0 Å². The van der Waals surface area contributed by atoms with Crippen LogP contribution >= 0.6 is 0 Å². The van der Waals surface area contributed by atoms with Crippen molar-refractivity contribution in [3.8, 4) is 5.75 Å². The predicted octanol–water partition coefficient (Wildman–Crippen LogP) is 4.65.